The molecule has 0 bridgehead atoms. The van der Waals surface area contributed by atoms with Gasteiger partial charge in [-0.15, -0.1) is 11.6 Å². The number of alkyl halides is 1. The molecule has 0 aromatic heterocycles. The van der Waals surface area contributed by atoms with Gasteiger partial charge in [0.15, 0.2) is 0 Å². The fourth-order valence-corrected chi connectivity index (χ4v) is 2.80. The summed E-state index contributed by atoms with van der Waals surface area (Å²) in [7, 11) is 0. The summed E-state index contributed by atoms with van der Waals surface area (Å²) in [6.45, 7) is 1.60. The van der Waals surface area contributed by atoms with Crippen molar-refractivity contribution in [3.8, 4) is 0 Å². The minimum atomic E-state index is -0.100. The molecule has 0 aliphatic carbocycles. The summed E-state index contributed by atoms with van der Waals surface area (Å²) >= 11 is 5.61. The standard InChI is InChI=1S/C17H23ClN2O2/c18-11-7-10-16(21)19-15-9-4-3-8-14(15)17(22)20-12-5-1-2-6-13-20/h3-4,8-9H,1-2,5-7,10-13H2,(H,19,21). The van der Waals surface area contributed by atoms with E-state index in [9.17, 15) is 9.59 Å². The minimum absolute atomic E-state index is 0.00939. The lowest BCUT2D eigenvalue weighted by Gasteiger charge is -2.22. The Balaban J connectivity index is 2.09. The average molecular weight is 323 g/mol. The quantitative estimate of drug-likeness (QED) is 0.841. The van der Waals surface area contributed by atoms with Gasteiger partial charge in [-0.05, 0) is 31.4 Å². The summed E-state index contributed by atoms with van der Waals surface area (Å²) in [6, 6.07) is 7.23. The molecule has 4 nitrogen and oxygen atoms in total. The molecule has 1 saturated heterocycles. The number of carbonyl (C=O) groups excluding carboxylic acids is 2. The zero-order valence-corrected chi connectivity index (χ0v) is 13.6. The Hall–Kier alpha value is -1.55. The van der Waals surface area contributed by atoms with Crippen LogP contribution >= 0.6 is 11.6 Å². The fourth-order valence-electron chi connectivity index (χ4n) is 2.66. The molecule has 0 spiro atoms. The molecule has 0 unspecified atom stereocenters. The number of likely N-dealkylation sites (tertiary alicyclic amines) is 1. The Labute approximate surface area is 136 Å². The van der Waals surface area contributed by atoms with Crippen molar-refractivity contribution in [1.82, 2.24) is 4.90 Å². The van der Waals surface area contributed by atoms with Crippen molar-refractivity contribution in [3.05, 3.63) is 29.8 Å². The van der Waals surface area contributed by atoms with Gasteiger partial charge in [0.2, 0.25) is 5.91 Å². The van der Waals surface area contributed by atoms with Crippen molar-refractivity contribution < 1.29 is 9.59 Å². The molecule has 1 aromatic rings. The van der Waals surface area contributed by atoms with Gasteiger partial charge < -0.3 is 10.2 Å². The first-order valence-electron chi connectivity index (χ1n) is 7.96. The van der Waals surface area contributed by atoms with Gasteiger partial charge >= 0.3 is 0 Å². The predicted molar refractivity (Wildman–Crippen MR) is 89.4 cm³/mol. The van der Waals surface area contributed by atoms with Crippen LogP contribution in [0.1, 0.15) is 48.9 Å². The van der Waals surface area contributed by atoms with Crippen LogP contribution in [0.5, 0.6) is 0 Å². The average Bonchev–Trinajstić information content (AvgIpc) is 2.82. The molecule has 1 fully saturated rings. The predicted octanol–water partition coefficient (Wildman–Crippen LogP) is 3.66. The molecular weight excluding hydrogens is 300 g/mol. The van der Waals surface area contributed by atoms with E-state index < -0.39 is 0 Å². The van der Waals surface area contributed by atoms with Crippen LogP contribution in [0.3, 0.4) is 0 Å². The van der Waals surface area contributed by atoms with Gasteiger partial charge in [0, 0.05) is 25.4 Å². The van der Waals surface area contributed by atoms with E-state index in [2.05, 4.69) is 5.32 Å². The molecule has 0 atom stereocenters. The second-order valence-electron chi connectivity index (χ2n) is 5.59. The maximum absolute atomic E-state index is 12.7. The van der Waals surface area contributed by atoms with Gasteiger partial charge in [-0.1, -0.05) is 25.0 Å². The monoisotopic (exact) mass is 322 g/mol. The number of halogens is 1. The van der Waals surface area contributed by atoms with E-state index in [-0.39, 0.29) is 11.8 Å². The zero-order valence-electron chi connectivity index (χ0n) is 12.8. The summed E-state index contributed by atoms with van der Waals surface area (Å²) < 4.78 is 0. The van der Waals surface area contributed by atoms with E-state index in [0.717, 1.165) is 25.9 Å². The summed E-state index contributed by atoms with van der Waals surface area (Å²) in [4.78, 5) is 26.5. The van der Waals surface area contributed by atoms with Crippen molar-refractivity contribution in [2.24, 2.45) is 0 Å². The first-order valence-corrected chi connectivity index (χ1v) is 8.50. The number of hydrogen-bond acceptors (Lipinski definition) is 2. The number of nitrogens with zero attached hydrogens (tertiary/aromatic N) is 1. The van der Waals surface area contributed by atoms with Crippen LogP contribution in [0.2, 0.25) is 0 Å². The number of nitrogens with one attached hydrogen (secondary N) is 1. The third kappa shape index (κ3) is 4.73. The Kier molecular flexibility index (Phi) is 6.72. The number of benzene rings is 1. The van der Waals surface area contributed by atoms with Crippen molar-refractivity contribution >= 4 is 29.1 Å². The summed E-state index contributed by atoms with van der Waals surface area (Å²) in [5.74, 6) is 0.369. The molecule has 1 N–H and O–H groups in total. The van der Waals surface area contributed by atoms with E-state index >= 15 is 0 Å². The molecule has 1 aromatic carbocycles. The van der Waals surface area contributed by atoms with Crippen molar-refractivity contribution in [1.29, 1.82) is 0 Å². The van der Waals surface area contributed by atoms with Gasteiger partial charge in [0.25, 0.3) is 5.91 Å². The van der Waals surface area contributed by atoms with Crippen LogP contribution in [0, 0.1) is 0 Å². The SMILES string of the molecule is O=C(CCCCl)Nc1ccccc1C(=O)N1CCCCCC1. The smallest absolute Gasteiger partial charge is 0.255 e. The lowest BCUT2D eigenvalue weighted by Crippen LogP contribution is -2.32. The molecule has 0 radical (unpaired) electrons. The van der Waals surface area contributed by atoms with Crippen LogP contribution in [-0.4, -0.2) is 35.7 Å². The van der Waals surface area contributed by atoms with E-state index in [1.54, 1.807) is 12.1 Å². The molecule has 2 amide bonds. The minimum Gasteiger partial charge on any atom is -0.339 e. The van der Waals surface area contributed by atoms with E-state index in [1.807, 2.05) is 17.0 Å². The Morgan fingerprint density at radius 3 is 2.45 bits per heavy atom. The number of hydrogen-bond donors (Lipinski definition) is 1. The van der Waals surface area contributed by atoms with Crippen LogP contribution in [0.15, 0.2) is 24.3 Å². The van der Waals surface area contributed by atoms with Gasteiger partial charge in [-0.25, -0.2) is 0 Å². The maximum Gasteiger partial charge on any atom is 0.255 e. The van der Waals surface area contributed by atoms with E-state index in [0.29, 0.717) is 30.0 Å². The third-order valence-electron chi connectivity index (χ3n) is 3.86. The van der Waals surface area contributed by atoms with Gasteiger partial charge in [0.05, 0.1) is 11.3 Å². The van der Waals surface area contributed by atoms with Crippen LogP contribution in [0.25, 0.3) is 0 Å². The van der Waals surface area contributed by atoms with Gasteiger partial charge in [-0.3, -0.25) is 9.59 Å². The highest BCUT2D eigenvalue weighted by atomic mass is 35.5. The summed E-state index contributed by atoms with van der Waals surface area (Å²) in [5, 5.41) is 2.84. The number of para-hydroxylation sites is 1. The zero-order chi connectivity index (χ0) is 15.8. The lowest BCUT2D eigenvalue weighted by atomic mass is 10.1. The Bertz CT molecular complexity index is 511. The number of carbonyl (C=O) groups is 2. The Morgan fingerprint density at radius 2 is 1.77 bits per heavy atom. The fraction of sp³-hybridized carbons (Fsp3) is 0.529. The van der Waals surface area contributed by atoms with Crippen LogP contribution in [-0.2, 0) is 4.79 Å². The molecule has 22 heavy (non-hydrogen) atoms. The molecular formula is C17H23ClN2O2. The molecule has 1 aliphatic rings. The maximum atomic E-state index is 12.7. The van der Waals surface area contributed by atoms with Gasteiger partial charge in [-0.2, -0.15) is 0 Å². The second kappa shape index (κ2) is 8.79. The molecule has 120 valence electrons. The molecule has 1 aliphatic heterocycles. The normalized spacial score (nSPS) is 15.2. The number of rotatable bonds is 5. The highest BCUT2D eigenvalue weighted by Gasteiger charge is 2.20. The Morgan fingerprint density at radius 1 is 1.09 bits per heavy atom. The lowest BCUT2D eigenvalue weighted by molar-refractivity contribution is -0.116. The first-order chi connectivity index (χ1) is 10.7. The highest BCUT2D eigenvalue weighted by Crippen LogP contribution is 2.20. The number of amides is 2. The summed E-state index contributed by atoms with van der Waals surface area (Å²) in [5.41, 5.74) is 1.17. The third-order valence-corrected chi connectivity index (χ3v) is 4.13. The van der Waals surface area contributed by atoms with Gasteiger partial charge in [0.1, 0.15) is 0 Å². The van der Waals surface area contributed by atoms with Crippen molar-refractivity contribution in [2.45, 2.75) is 38.5 Å². The van der Waals surface area contributed by atoms with E-state index in [1.165, 1.54) is 12.8 Å². The highest BCUT2D eigenvalue weighted by molar-refractivity contribution is 6.18. The van der Waals surface area contributed by atoms with Crippen molar-refractivity contribution in [2.75, 3.05) is 24.3 Å². The molecule has 1 heterocycles. The largest absolute Gasteiger partial charge is 0.339 e. The van der Waals surface area contributed by atoms with Crippen molar-refractivity contribution in [3.63, 3.8) is 0 Å². The molecule has 2 rings (SSSR count). The van der Waals surface area contributed by atoms with E-state index in [4.69, 9.17) is 11.6 Å². The topological polar surface area (TPSA) is 49.4 Å². The summed E-state index contributed by atoms with van der Waals surface area (Å²) in [6.07, 6.45) is 5.47. The molecule has 5 heteroatoms. The van der Waals surface area contributed by atoms with Crippen LogP contribution < -0.4 is 5.32 Å². The first kappa shape index (κ1) is 16.8. The second-order valence-corrected chi connectivity index (χ2v) is 5.97. The van der Waals surface area contributed by atoms with Crippen LogP contribution in [0.4, 0.5) is 5.69 Å². The number of anilines is 1. The molecule has 0 saturated carbocycles.